The van der Waals surface area contributed by atoms with Crippen molar-refractivity contribution in [3.05, 3.63) is 69.0 Å². The number of carbonyl (C=O) groups excluding carboxylic acids is 3. The summed E-state index contributed by atoms with van der Waals surface area (Å²) in [5, 5.41) is 2.48. The molecule has 6 nitrogen and oxygen atoms in total. The van der Waals surface area contributed by atoms with E-state index in [4.69, 9.17) is 11.6 Å². The minimum absolute atomic E-state index is 0.0875. The van der Waals surface area contributed by atoms with Gasteiger partial charge >= 0.3 is 6.18 Å². The van der Waals surface area contributed by atoms with Gasteiger partial charge < -0.3 is 4.90 Å². The van der Waals surface area contributed by atoms with E-state index in [1.54, 1.807) is 6.07 Å². The van der Waals surface area contributed by atoms with Crippen LogP contribution in [0.5, 0.6) is 0 Å². The van der Waals surface area contributed by atoms with Crippen molar-refractivity contribution in [2.75, 3.05) is 13.1 Å². The molecule has 11 heteroatoms. The Bertz CT molecular complexity index is 1270. The second kappa shape index (κ2) is 9.72. The highest BCUT2D eigenvalue weighted by Gasteiger charge is 2.40. The first kappa shape index (κ1) is 25.7. The quantitative estimate of drug-likeness (QED) is 0.456. The van der Waals surface area contributed by atoms with E-state index in [0.29, 0.717) is 37.1 Å². The van der Waals surface area contributed by atoms with Gasteiger partial charge in [-0.1, -0.05) is 17.7 Å². The second-order valence-electron chi connectivity index (χ2n) is 9.78. The highest BCUT2D eigenvalue weighted by molar-refractivity contribution is 6.30. The molecule has 37 heavy (non-hydrogen) atoms. The number of hydrogen-bond donors (Lipinski definition) is 1. The third-order valence-electron chi connectivity index (χ3n) is 7.43. The van der Waals surface area contributed by atoms with Crippen molar-refractivity contribution in [1.82, 2.24) is 15.1 Å². The largest absolute Gasteiger partial charge is 0.416 e. The number of nitrogens with one attached hydrogen (secondary N) is 1. The maximum absolute atomic E-state index is 15.1. The lowest BCUT2D eigenvalue weighted by molar-refractivity contribution is -0.139. The van der Waals surface area contributed by atoms with Gasteiger partial charge in [-0.15, -0.1) is 0 Å². The van der Waals surface area contributed by atoms with E-state index < -0.39 is 35.4 Å². The predicted octanol–water partition coefficient (Wildman–Crippen LogP) is 4.64. The van der Waals surface area contributed by atoms with Gasteiger partial charge in [-0.3, -0.25) is 24.6 Å². The summed E-state index contributed by atoms with van der Waals surface area (Å²) in [6.07, 6.45) is -3.04. The molecule has 196 valence electrons. The van der Waals surface area contributed by atoms with Crippen LogP contribution >= 0.6 is 11.6 Å². The van der Waals surface area contributed by atoms with Gasteiger partial charge in [-0.25, -0.2) is 4.39 Å². The van der Waals surface area contributed by atoms with Crippen molar-refractivity contribution in [3.63, 3.8) is 0 Å². The summed E-state index contributed by atoms with van der Waals surface area (Å²) in [5.41, 5.74) is 0.699. The van der Waals surface area contributed by atoms with Crippen molar-refractivity contribution in [2.24, 2.45) is 0 Å². The van der Waals surface area contributed by atoms with Crippen molar-refractivity contribution in [3.8, 4) is 0 Å². The van der Waals surface area contributed by atoms with Crippen LogP contribution in [0.1, 0.15) is 64.2 Å². The number of nitrogens with zero attached hydrogens (tertiary/aromatic N) is 2. The molecule has 3 heterocycles. The Morgan fingerprint density at radius 3 is 2.43 bits per heavy atom. The molecule has 2 aromatic rings. The van der Waals surface area contributed by atoms with Gasteiger partial charge in [-0.05, 0) is 79.2 Å². The minimum atomic E-state index is -4.48. The molecule has 1 atom stereocenters. The fourth-order valence-corrected chi connectivity index (χ4v) is 5.73. The number of benzene rings is 2. The van der Waals surface area contributed by atoms with Gasteiger partial charge in [0.15, 0.2) is 0 Å². The Morgan fingerprint density at radius 2 is 1.76 bits per heavy atom. The highest BCUT2D eigenvalue weighted by atomic mass is 35.5. The fraction of sp³-hybridized carbons (Fsp3) is 0.423. The van der Waals surface area contributed by atoms with Gasteiger partial charge in [0.25, 0.3) is 5.91 Å². The third kappa shape index (κ3) is 5.09. The second-order valence-corrected chi connectivity index (χ2v) is 10.2. The van der Waals surface area contributed by atoms with Gasteiger partial charge in [0, 0.05) is 30.1 Å². The fourth-order valence-electron chi connectivity index (χ4n) is 5.53. The first-order valence-electron chi connectivity index (χ1n) is 12.1. The number of alkyl halides is 3. The van der Waals surface area contributed by atoms with Crippen LogP contribution in [0.25, 0.3) is 0 Å². The summed E-state index contributed by atoms with van der Waals surface area (Å²) in [6, 6.07) is 5.66. The number of fused-ring (bicyclic) bond motifs is 1. The van der Waals surface area contributed by atoms with E-state index in [1.165, 1.54) is 23.1 Å². The zero-order chi connectivity index (χ0) is 26.5. The van der Waals surface area contributed by atoms with Crippen LogP contribution < -0.4 is 5.32 Å². The molecule has 0 saturated carbocycles. The summed E-state index contributed by atoms with van der Waals surface area (Å²) in [5.74, 6) is -2.01. The molecule has 2 fully saturated rings. The highest BCUT2D eigenvalue weighted by Crippen LogP contribution is 2.37. The zero-order valence-corrected chi connectivity index (χ0v) is 20.5. The number of piperidine rings is 2. The SMILES string of the molecule is O=C1CCC(N2Cc3cc(C4CCN(Cc5cc(Cl)ccc5C(F)(F)F)CC4)c(F)cc3C2=O)C(=O)N1. The molecule has 0 aliphatic carbocycles. The number of hydrogen-bond acceptors (Lipinski definition) is 4. The van der Waals surface area contributed by atoms with Gasteiger partial charge in [0.2, 0.25) is 11.8 Å². The maximum Gasteiger partial charge on any atom is 0.416 e. The molecule has 3 amide bonds. The van der Waals surface area contributed by atoms with Crippen LogP contribution in [0.15, 0.2) is 30.3 Å². The molecular formula is C26H24ClF4N3O3. The van der Waals surface area contributed by atoms with Crippen molar-refractivity contribution >= 4 is 29.3 Å². The van der Waals surface area contributed by atoms with E-state index in [2.05, 4.69) is 5.32 Å². The Morgan fingerprint density at radius 1 is 1.03 bits per heavy atom. The Balaban J connectivity index is 1.27. The molecule has 0 spiro atoms. The zero-order valence-electron chi connectivity index (χ0n) is 19.7. The van der Waals surface area contributed by atoms with Crippen LogP contribution in [0.2, 0.25) is 5.02 Å². The minimum Gasteiger partial charge on any atom is -0.322 e. The molecule has 5 rings (SSSR count). The smallest absolute Gasteiger partial charge is 0.322 e. The first-order valence-corrected chi connectivity index (χ1v) is 12.4. The van der Waals surface area contributed by atoms with Gasteiger partial charge in [0.05, 0.1) is 5.56 Å². The number of amides is 3. The summed E-state index contributed by atoms with van der Waals surface area (Å²) in [4.78, 5) is 39.9. The average molecular weight is 538 g/mol. The molecular weight excluding hydrogens is 514 g/mol. The lowest BCUT2D eigenvalue weighted by atomic mass is 9.87. The lowest BCUT2D eigenvalue weighted by Gasteiger charge is -2.33. The van der Waals surface area contributed by atoms with Crippen LogP contribution in [0, 0.1) is 5.82 Å². The number of halogens is 5. The Kier molecular flexibility index (Phi) is 6.74. The standard InChI is InChI=1S/C26H24ClF4N3O3/c27-17-1-2-20(26(29,30)31)16(9-17)12-33-7-5-14(6-8-33)18-10-15-13-34(25(37)19(15)11-21(18)28)22-3-4-23(35)32-24(22)36/h1-2,9-11,14,22H,3-8,12-13H2,(H,32,35,36). The molecule has 2 aromatic carbocycles. The van der Waals surface area contributed by atoms with Crippen LogP contribution in [0.4, 0.5) is 17.6 Å². The van der Waals surface area contributed by atoms with Crippen molar-refractivity contribution in [1.29, 1.82) is 0 Å². The molecule has 3 aliphatic heterocycles. The predicted molar refractivity (Wildman–Crippen MR) is 126 cm³/mol. The molecule has 0 bridgehead atoms. The van der Waals surface area contributed by atoms with Crippen molar-refractivity contribution in [2.45, 2.75) is 56.9 Å². The maximum atomic E-state index is 15.1. The lowest BCUT2D eigenvalue weighted by Crippen LogP contribution is -2.52. The number of carbonyl (C=O) groups is 3. The Hall–Kier alpha value is -2.98. The first-order chi connectivity index (χ1) is 17.5. The summed E-state index contributed by atoms with van der Waals surface area (Å²) in [7, 11) is 0. The molecule has 3 aliphatic rings. The van der Waals surface area contributed by atoms with Gasteiger partial charge in [0.1, 0.15) is 11.9 Å². The normalized spacial score (nSPS) is 21.4. The third-order valence-corrected chi connectivity index (χ3v) is 7.67. The molecule has 2 saturated heterocycles. The Labute approximate surface area is 215 Å². The summed E-state index contributed by atoms with van der Waals surface area (Å²) < 4.78 is 55.4. The number of imide groups is 1. The van der Waals surface area contributed by atoms with Crippen LogP contribution in [-0.4, -0.2) is 46.7 Å². The van der Waals surface area contributed by atoms with E-state index in [1.807, 2.05) is 4.90 Å². The van der Waals surface area contributed by atoms with Crippen molar-refractivity contribution < 1.29 is 31.9 Å². The van der Waals surface area contributed by atoms with E-state index in [9.17, 15) is 27.6 Å². The summed E-state index contributed by atoms with van der Waals surface area (Å²) in [6.45, 7) is 1.20. The van der Waals surface area contributed by atoms with Gasteiger partial charge in [-0.2, -0.15) is 13.2 Å². The van der Waals surface area contributed by atoms with Crippen LogP contribution in [-0.2, 0) is 28.9 Å². The monoisotopic (exact) mass is 537 g/mol. The topological polar surface area (TPSA) is 69.7 Å². The van der Waals surface area contributed by atoms with E-state index in [0.717, 1.165) is 6.07 Å². The molecule has 0 radical (unpaired) electrons. The number of rotatable bonds is 4. The average Bonchev–Trinajstić information content (AvgIpc) is 3.13. The van der Waals surface area contributed by atoms with E-state index in [-0.39, 0.29) is 53.9 Å². The molecule has 1 N–H and O–H groups in total. The molecule has 1 unspecified atom stereocenters. The number of likely N-dealkylation sites (tertiary alicyclic amines) is 1. The summed E-state index contributed by atoms with van der Waals surface area (Å²) >= 11 is 5.94. The van der Waals surface area contributed by atoms with E-state index >= 15 is 4.39 Å². The van der Waals surface area contributed by atoms with Crippen LogP contribution in [0.3, 0.4) is 0 Å². The molecule has 0 aromatic heterocycles.